The summed E-state index contributed by atoms with van der Waals surface area (Å²) in [5, 5.41) is -0.191. The molecule has 0 spiro atoms. The number of rotatable bonds is 4. The average Bonchev–Trinajstić information content (AvgIpc) is 3.30. The predicted octanol–water partition coefficient (Wildman–Crippen LogP) is 1.46. The lowest BCUT2D eigenvalue weighted by Crippen LogP contribution is -2.24. The van der Waals surface area contributed by atoms with Crippen LogP contribution in [0, 0.1) is 0 Å². The molecule has 0 aliphatic carbocycles. The summed E-state index contributed by atoms with van der Waals surface area (Å²) in [5.41, 5.74) is -2.24. The van der Waals surface area contributed by atoms with Gasteiger partial charge in [0.25, 0.3) is 22.2 Å². The molecule has 10 heteroatoms. The van der Waals surface area contributed by atoms with E-state index in [0.29, 0.717) is 0 Å². The summed E-state index contributed by atoms with van der Waals surface area (Å²) in [6.45, 7) is 0. The van der Waals surface area contributed by atoms with Crippen molar-refractivity contribution in [2.24, 2.45) is 0 Å². The van der Waals surface area contributed by atoms with Crippen LogP contribution in [0.3, 0.4) is 0 Å². The van der Waals surface area contributed by atoms with Gasteiger partial charge in [-0.3, -0.25) is 19.2 Å². The molecule has 0 unspecified atom stereocenters. The van der Waals surface area contributed by atoms with Crippen LogP contribution in [-0.4, -0.2) is 35.3 Å². The van der Waals surface area contributed by atoms with Gasteiger partial charge in [-0.25, -0.2) is 18.7 Å². The molecule has 36 heavy (non-hydrogen) atoms. The van der Waals surface area contributed by atoms with Crippen molar-refractivity contribution in [1.82, 2.24) is 9.13 Å². The minimum Gasteiger partial charge on any atom is -0.465 e. The number of esters is 2. The Morgan fingerprint density at radius 2 is 0.889 bits per heavy atom. The van der Waals surface area contributed by atoms with Gasteiger partial charge in [0.05, 0.1) is 58.3 Å². The monoisotopic (exact) mass is 484 g/mol. The third-order valence-corrected chi connectivity index (χ3v) is 5.94. The van der Waals surface area contributed by atoms with Crippen molar-refractivity contribution in [1.29, 1.82) is 0 Å². The molecule has 0 saturated heterocycles. The summed E-state index contributed by atoms with van der Waals surface area (Å²) in [6.07, 6.45) is 0. The summed E-state index contributed by atoms with van der Waals surface area (Å²) in [7, 11) is 2.42. The Hall–Kier alpha value is -5.12. The zero-order valence-electron chi connectivity index (χ0n) is 18.9. The number of fused-ring (bicyclic) bond motifs is 2. The first-order valence-electron chi connectivity index (χ1n) is 10.6. The molecule has 2 aromatic heterocycles. The molecule has 178 valence electrons. The van der Waals surface area contributed by atoms with E-state index in [0.717, 1.165) is 9.13 Å². The van der Waals surface area contributed by atoms with Crippen LogP contribution in [0.2, 0.25) is 0 Å². The SMILES string of the molecule is COC(=O)c1cccc(-n2c(=O)c3cc4c(=O)n(-c5cccc(C(=O)OC)c5)c(=O)c4cc3c2=O)c1. The van der Waals surface area contributed by atoms with E-state index in [4.69, 9.17) is 0 Å². The first-order chi connectivity index (χ1) is 17.3. The van der Waals surface area contributed by atoms with Crippen molar-refractivity contribution in [3.8, 4) is 11.4 Å². The van der Waals surface area contributed by atoms with Crippen molar-refractivity contribution < 1.29 is 19.1 Å². The molecule has 0 aliphatic rings. The van der Waals surface area contributed by atoms with E-state index in [1.165, 1.54) is 74.9 Å². The number of nitrogens with zero attached hydrogens (tertiary/aromatic N) is 2. The van der Waals surface area contributed by atoms with Crippen LogP contribution >= 0.6 is 0 Å². The summed E-state index contributed by atoms with van der Waals surface area (Å²) in [5.74, 6) is -1.28. The number of aromatic nitrogens is 2. The molecule has 0 amide bonds. The smallest absolute Gasteiger partial charge is 0.337 e. The topological polar surface area (TPSA) is 131 Å². The molecule has 0 radical (unpaired) electrons. The van der Waals surface area contributed by atoms with Gasteiger partial charge in [-0.1, -0.05) is 12.1 Å². The fourth-order valence-electron chi connectivity index (χ4n) is 4.22. The molecular formula is C26H16N2O8. The predicted molar refractivity (Wildman–Crippen MR) is 130 cm³/mol. The standard InChI is InChI=1S/C26H16N2O8/c1-35-25(33)13-5-3-7-15(9-13)27-21(29)17-11-19-20(12-18(17)22(27)30)24(32)28(23(19)31)16-8-4-6-14(10-16)26(34)36-2/h3-12H,1-2H3. The average molecular weight is 484 g/mol. The van der Waals surface area contributed by atoms with Gasteiger partial charge >= 0.3 is 11.9 Å². The highest BCUT2D eigenvalue weighted by atomic mass is 16.5. The highest BCUT2D eigenvalue weighted by Crippen LogP contribution is 2.18. The zero-order chi connectivity index (χ0) is 25.7. The van der Waals surface area contributed by atoms with Crippen LogP contribution < -0.4 is 22.2 Å². The van der Waals surface area contributed by atoms with E-state index in [-0.39, 0.29) is 44.0 Å². The van der Waals surface area contributed by atoms with Crippen LogP contribution in [0.15, 0.2) is 79.8 Å². The van der Waals surface area contributed by atoms with Crippen LogP contribution in [0.1, 0.15) is 20.7 Å². The lowest BCUT2D eigenvalue weighted by molar-refractivity contribution is 0.0592. The van der Waals surface area contributed by atoms with Gasteiger partial charge < -0.3 is 9.47 Å². The summed E-state index contributed by atoms with van der Waals surface area (Å²) in [4.78, 5) is 76.5. The fourth-order valence-corrected chi connectivity index (χ4v) is 4.22. The molecule has 0 N–H and O–H groups in total. The molecule has 10 nitrogen and oxygen atoms in total. The minimum absolute atomic E-state index is 0.0477. The number of hydrogen-bond acceptors (Lipinski definition) is 8. The molecular weight excluding hydrogens is 468 g/mol. The van der Waals surface area contributed by atoms with Crippen LogP contribution in [-0.2, 0) is 9.47 Å². The van der Waals surface area contributed by atoms with Crippen LogP contribution in [0.25, 0.3) is 32.9 Å². The Kier molecular flexibility index (Phi) is 5.21. The molecule has 0 atom stereocenters. The van der Waals surface area contributed by atoms with Gasteiger partial charge in [-0.05, 0) is 48.5 Å². The van der Waals surface area contributed by atoms with Gasteiger partial charge in [-0.15, -0.1) is 0 Å². The third-order valence-electron chi connectivity index (χ3n) is 5.94. The summed E-state index contributed by atoms with van der Waals surface area (Å²) >= 11 is 0. The number of carbonyl (C=O) groups excluding carboxylic acids is 2. The van der Waals surface area contributed by atoms with Gasteiger partial charge in [0.1, 0.15) is 0 Å². The molecule has 2 heterocycles. The molecule has 0 fully saturated rings. The third kappa shape index (κ3) is 3.27. The number of ether oxygens (including phenoxy) is 2. The molecule has 5 aromatic rings. The molecule has 0 aliphatic heterocycles. The maximum Gasteiger partial charge on any atom is 0.337 e. The maximum atomic E-state index is 13.2. The summed E-state index contributed by atoms with van der Waals surface area (Å²) in [6, 6.07) is 14.0. The first kappa shape index (κ1) is 22.7. The van der Waals surface area contributed by atoms with Crippen molar-refractivity contribution in [2.75, 3.05) is 14.2 Å². The van der Waals surface area contributed by atoms with Crippen molar-refractivity contribution in [3.05, 3.63) is 113 Å². The molecule has 0 bridgehead atoms. The molecule has 3 aromatic carbocycles. The van der Waals surface area contributed by atoms with E-state index in [1.54, 1.807) is 0 Å². The van der Waals surface area contributed by atoms with Crippen molar-refractivity contribution >= 4 is 33.5 Å². The second kappa shape index (κ2) is 8.27. The quantitative estimate of drug-likeness (QED) is 0.351. The number of carbonyl (C=O) groups is 2. The molecule has 5 rings (SSSR count). The van der Waals surface area contributed by atoms with E-state index in [2.05, 4.69) is 9.47 Å². The van der Waals surface area contributed by atoms with Gasteiger partial charge in [0.15, 0.2) is 0 Å². The van der Waals surface area contributed by atoms with Crippen LogP contribution in [0.5, 0.6) is 0 Å². The van der Waals surface area contributed by atoms with Gasteiger partial charge in [0, 0.05) is 0 Å². The fraction of sp³-hybridized carbons (Fsp3) is 0.0769. The second-order valence-corrected chi connectivity index (χ2v) is 7.92. The highest BCUT2D eigenvalue weighted by Gasteiger charge is 2.21. The maximum absolute atomic E-state index is 13.2. The lowest BCUT2D eigenvalue weighted by Gasteiger charge is -2.03. The minimum atomic E-state index is -0.703. The number of methoxy groups -OCH3 is 2. The number of hydrogen-bond donors (Lipinski definition) is 0. The zero-order valence-corrected chi connectivity index (χ0v) is 18.9. The first-order valence-corrected chi connectivity index (χ1v) is 10.6. The van der Waals surface area contributed by atoms with Crippen LogP contribution in [0.4, 0.5) is 0 Å². The van der Waals surface area contributed by atoms with E-state index >= 15 is 0 Å². The van der Waals surface area contributed by atoms with Crippen molar-refractivity contribution in [2.45, 2.75) is 0 Å². The largest absolute Gasteiger partial charge is 0.465 e. The summed E-state index contributed by atoms with van der Waals surface area (Å²) < 4.78 is 11.1. The highest BCUT2D eigenvalue weighted by molar-refractivity contribution is 5.98. The molecule has 0 saturated carbocycles. The van der Waals surface area contributed by atoms with E-state index in [9.17, 15) is 28.8 Å². The van der Waals surface area contributed by atoms with Gasteiger partial charge in [-0.2, -0.15) is 0 Å². The Balaban J connectivity index is 1.75. The van der Waals surface area contributed by atoms with E-state index in [1.807, 2.05) is 0 Å². The van der Waals surface area contributed by atoms with Gasteiger partial charge in [0.2, 0.25) is 0 Å². The lowest BCUT2D eigenvalue weighted by atomic mass is 10.1. The van der Waals surface area contributed by atoms with E-state index < -0.39 is 34.2 Å². The Bertz CT molecular complexity index is 1720. The normalized spacial score (nSPS) is 11.2. The Morgan fingerprint density at radius 1 is 0.556 bits per heavy atom. The Labute approximate surface area is 200 Å². The number of benzene rings is 3. The second-order valence-electron chi connectivity index (χ2n) is 7.92. The van der Waals surface area contributed by atoms with Crippen molar-refractivity contribution in [3.63, 3.8) is 0 Å². The Morgan fingerprint density at radius 3 is 1.19 bits per heavy atom.